The molecule has 40 heavy (non-hydrogen) atoms. The summed E-state index contributed by atoms with van der Waals surface area (Å²) in [5.41, 5.74) is 10.7. The van der Waals surface area contributed by atoms with Gasteiger partial charge in [0.25, 0.3) is 5.91 Å². The Kier molecular flexibility index (Phi) is 7.27. The molecule has 1 aliphatic carbocycles. The summed E-state index contributed by atoms with van der Waals surface area (Å²) < 4.78 is 2.10. The van der Waals surface area contributed by atoms with E-state index in [1.165, 1.54) is 0 Å². The SMILES string of the molecule is Nc1ncc2c3c1c(-c1ccc(C(=O)Nc4ccccn4)cc1)nn3[C@@H]1CCC[C@H](C1)C(=O)NCCC/C=C/C2. The minimum atomic E-state index is -0.236. The first-order valence-electron chi connectivity index (χ1n) is 14.0. The fourth-order valence-corrected chi connectivity index (χ4v) is 5.81. The number of benzene rings is 1. The zero-order valence-corrected chi connectivity index (χ0v) is 22.3. The second-order valence-corrected chi connectivity index (χ2v) is 10.6. The highest BCUT2D eigenvalue weighted by Crippen LogP contribution is 2.40. The maximum Gasteiger partial charge on any atom is 0.256 e. The van der Waals surface area contributed by atoms with Crippen LogP contribution in [0.5, 0.6) is 0 Å². The number of nitrogens with one attached hydrogen (secondary N) is 2. The summed E-state index contributed by atoms with van der Waals surface area (Å²) in [6, 6.07) is 12.8. The molecule has 2 amide bonds. The van der Waals surface area contributed by atoms with Crippen LogP contribution in [0.4, 0.5) is 11.6 Å². The van der Waals surface area contributed by atoms with Gasteiger partial charge in [-0.3, -0.25) is 14.3 Å². The number of aromatic nitrogens is 4. The lowest BCUT2D eigenvalue weighted by Crippen LogP contribution is -2.35. The van der Waals surface area contributed by atoms with Crippen molar-refractivity contribution in [2.24, 2.45) is 5.92 Å². The summed E-state index contributed by atoms with van der Waals surface area (Å²) in [6.07, 6.45) is 13.9. The Labute approximate surface area is 232 Å². The van der Waals surface area contributed by atoms with Crippen LogP contribution < -0.4 is 16.4 Å². The van der Waals surface area contributed by atoms with Gasteiger partial charge in [-0.15, -0.1) is 0 Å². The number of nitrogens with zero attached hydrogens (tertiary/aromatic N) is 4. The van der Waals surface area contributed by atoms with Gasteiger partial charge in [0.1, 0.15) is 17.3 Å². The maximum absolute atomic E-state index is 12.9. The van der Waals surface area contributed by atoms with Crippen molar-refractivity contribution >= 4 is 34.4 Å². The van der Waals surface area contributed by atoms with E-state index >= 15 is 0 Å². The van der Waals surface area contributed by atoms with Gasteiger partial charge in [0.05, 0.1) is 16.9 Å². The highest BCUT2D eigenvalue weighted by Gasteiger charge is 2.31. The molecule has 4 N–H and O–H groups in total. The number of carbonyl (C=O) groups excluding carboxylic acids is 2. The van der Waals surface area contributed by atoms with E-state index in [4.69, 9.17) is 10.8 Å². The van der Waals surface area contributed by atoms with E-state index in [1.54, 1.807) is 30.5 Å². The smallest absolute Gasteiger partial charge is 0.256 e. The highest BCUT2D eigenvalue weighted by molar-refractivity contribution is 6.05. The molecule has 6 rings (SSSR count). The second kappa shape index (κ2) is 11.3. The molecule has 9 heteroatoms. The molecule has 1 fully saturated rings. The number of pyridine rings is 2. The molecule has 1 aliphatic heterocycles. The Morgan fingerprint density at radius 1 is 1.05 bits per heavy atom. The first kappa shape index (κ1) is 25.7. The molecule has 0 unspecified atom stereocenters. The molecule has 0 spiro atoms. The van der Waals surface area contributed by atoms with E-state index in [0.29, 0.717) is 23.7 Å². The number of rotatable bonds is 3. The van der Waals surface area contributed by atoms with Gasteiger partial charge in [0.2, 0.25) is 5.91 Å². The van der Waals surface area contributed by atoms with Crippen molar-refractivity contribution in [3.8, 4) is 11.3 Å². The number of nitrogen functional groups attached to an aromatic ring is 1. The van der Waals surface area contributed by atoms with Crippen molar-refractivity contribution in [3.63, 3.8) is 0 Å². The Bertz CT molecular complexity index is 1560. The van der Waals surface area contributed by atoms with Crippen LogP contribution >= 0.6 is 0 Å². The topological polar surface area (TPSA) is 128 Å². The monoisotopic (exact) mass is 535 g/mol. The van der Waals surface area contributed by atoms with Crippen LogP contribution in [0, 0.1) is 5.92 Å². The molecule has 0 radical (unpaired) electrons. The average Bonchev–Trinajstić information content (AvgIpc) is 3.40. The maximum atomic E-state index is 12.9. The highest BCUT2D eigenvalue weighted by atomic mass is 16.2. The van der Waals surface area contributed by atoms with Crippen LogP contribution in [0.2, 0.25) is 0 Å². The second-order valence-electron chi connectivity index (χ2n) is 10.6. The van der Waals surface area contributed by atoms with Crippen LogP contribution in [0.1, 0.15) is 60.5 Å². The lowest BCUT2D eigenvalue weighted by Gasteiger charge is -2.29. The largest absolute Gasteiger partial charge is 0.383 e. The van der Waals surface area contributed by atoms with Crippen molar-refractivity contribution < 1.29 is 9.59 Å². The lowest BCUT2D eigenvalue weighted by molar-refractivity contribution is -0.126. The van der Waals surface area contributed by atoms with Crippen LogP contribution in [0.15, 0.2) is 67.0 Å². The molecular formula is C31H33N7O2. The third-order valence-electron chi connectivity index (χ3n) is 7.87. The molecule has 4 aromatic rings. The number of fused-ring (bicyclic) bond motifs is 3. The molecule has 2 aliphatic rings. The van der Waals surface area contributed by atoms with Crippen LogP contribution in [-0.2, 0) is 11.2 Å². The molecule has 204 valence electrons. The zero-order chi connectivity index (χ0) is 27.5. The minimum Gasteiger partial charge on any atom is -0.383 e. The standard InChI is InChI=1S/C31H33N7O2/c32-29-26-27(20-12-14-21(15-13-20)31(40)36-25-11-4-6-16-33-25)37-38-24-10-7-9-22(18-24)30(39)34-17-5-2-1-3-8-23(19-35-29)28(26)38/h1,3-4,6,11-16,19,22,24H,2,5,7-10,17-18H2,(H2,32,35)(H,34,39)(H,33,36,40)/b3-1+/t22-,24-/m1/s1. The van der Waals surface area contributed by atoms with E-state index < -0.39 is 0 Å². The molecule has 2 bridgehead atoms. The van der Waals surface area contributed by atoms with Crippen molar-refractivity contribution in [1.29, 1.82) is 0 Å². The predicted octanol–water partition coefficient (Wildman–Crippen LogP) is 5.07. The summed E-state index contributed by atoms with van der Waals surface area (Å²) in [5.74, 6) is 0.798. The summed E-state index contributed by atoms with van der Waals surface area (Å²) in [7, 11) is 0. The normalized spacial score (nSPS) is 20.4. The van der Waals surface area contributed by atoms with Gasteiger partial charge in [-0.25, -0.2) is 9.97 Å². The minimum absolute atomic E-state index is 0.0283. The Morgan fingerprint density at radius 3 is 2.75 bits per heavy atom. The summed E-state index contributed by atoms with van der Waals surface area (Å²) in [5, 5.41) is 11.9. The number of hydrogen-bond acceptors (Lipinski definition) is 6. The van der Waals surface area contributed by atoms with Gasteiger partial charge in [-0.1, -0.05) is 36.8 Å². The third-order valence-corrected chi connectivity index (χ3v) is 7.87. The Morgan fingerprint density at radius 2 is 1.93 bits per heavy atom. The van der Waals surface area contributed by atoms with E-state index in [1.807, 2.05) is 24.4 Å². The van der Waals surface area contributed by atoms with E-state index in [2.05, 4.69) is 37.4 Å². The molecule has 2 atom stereocenters. The van der Waals surface area contributed by atoms with Crippen molar-refractivity contribution in [2.45, 2.75) is 51.0 Å². The number of nitrogens with two attached hydrogens (primary N) is 1. The number of carbonyl (C=O) groups is 2. The van der Waals surface area contributed by atoms with Gasteiger partial charge < -0.3 is 16.4 Å². The van der Waals surface area contributed by atoms with Gasteiger partial charge in [0, 0.05) is 41.5 Å². The van der Waals surface area contributed by atoms with E-state index in [0.717, 1.165) is 72.7 Å². The van der Waals surface area contributed by atoms with Gasteiger partial charge in [0.15, 0.2) is 0 Å². The first-order valence-corrected chi connectivity index (χ1v) is 14.0. The predicted molar refractivity (Wildman–Crippen MR) is 156 cm³/mol. The number of hydrogen-bond donors (Lipinski definition) is 3. The Hall–Kier alpha value is -4.53. The third kappa shape index (κ3) is 5.19. The van der Waals surface area contributed by atoms with Crippen molar-refractivity contribution in [1.82, 2.24) is 25.1 Å². The Balaban J connectivity index is 1.40. The molecule has 0 saturated heterocycles. The molecule has 3 aromatic heterocycles. The number of anilines is 2. The first-order chi connectivity index (χ1) is 19.6. The van der Waals surface area contributed by atoms with Gasteiger partial charge >= 0.3 is 0 Å². The molecule has 9 nitrogen and oxygen atoms in total. The van der Waals surface area contributed by atoms with E-state index in [-0.39, 0.29) is 23.8 Å². The number of allylic oxidation sites excluding steroid dienone is 2. The van der Waals surface area contributed by atoms with Crippen LogP contribution in [0.25, 0.3) is 22.2 Å². The van der Waals surface area contributed by atoms with Crippen molar-refractivity contribution in [2.75, 3.05) is 17.6 Å². The molecule has 1 saturated carbocycles. The lowest BCUT2D eigenvalue weighted by atomic mass is 9.85. The number of amides is 2. The zero-order valence-electron chi connectivity index (χ0n) is 22.3. The van der Waals surface area contributed by atoms with Crippen LogP contribution in [-0.4, -0.2) is 38.1 Å². The fourth-order valence-electron chi connectivity index (χ4n) is 5.81. The van der Waals surface area contributed by atoms with Crippen molar-refractivity contribution in [3.05, 3.63) is 78.1 Å². The van der Waals surface area contributed by atoms with Crippen LogP contribution in [0.3, 0.4) is 0 Å². The summed E-state index contributed by atoms with van der Waals surface area (Å²) in [4.78, 5) is 34.4. The molecule has 4 heterocycles. The quantitative estimate of drug-likeness (QED) is 0.314. The fraction of sp³-hybridized carbons (Fsp3) is 0.323. The summed E-state index contributed by atoms with van der Waals surface area (Å²) >= 11 is 0. The van der Waals surface area contributed by atoms with Gasteiger partial charge in [-0.2, -0.15) is 5.10 Å². The summed E-state index contributed by atoms with van der Waals surface area (Å²) in [6.45, 7) is 0.699. The average molecular weight is 536 g/mol. The molecular weight excluding hydrogens is 502 g/mol. The molecule has 1 aromatic carbocycles. The van der Waals surface area contributed by atoms with E-state index in [9.17, 15) is 9.59 Å². The van der Waals surface area contributed by atoms with Gasteiger partial charge in [-0.05, 0) is 62.8 Å².